The number of rotatable bonds is 4. The number of nitrogens with one attached hydrogen (secondary N) is 2. The first-order valence-corrected chi connectivity index (χ1v) is 7.90. The topological polar surface area (TPSA) is 44.4 Å². The van der Waals surface area contributed by atoms with E-state index in [4.69, 9.17) is 23.2 Å². The Balaban J connectivity index is 0.00000312. The van der Waals surface area contributed by atoms with Gasteiger partial charge in [0.05, 0.1) is 15.6 Å². The SMILES string of the molecule is Cl.O=C(NCC(N1CCNCC1)C(F)(F)F)c1cc(F)c(Cl)cc1Cl. The highest BCUT2D eigenvalue weighted by atomic mass is 35.5. The van der Waals surface area contributed by atoms with E-state index in [1.54, 1.807) is 0 Å². The molecule has 1 amide bonds. The van der Waals surface area contributed by atoms with Gasteiger partial charge in [-0.15, -0.1) is 12.4 Å². The second-order valence-corrected chi connectivity index (χ2v) is 6.11. The summed E-state index contributed by atoms with van der Waals surface area (Å²) in [5, 5.41) is 4.73. The van der Waals surface area contributed by atoms with Gasteiger partial charge in [0.2, 0.25) is 0 Å². The Morgan fingerprint density at radius 1 is 1.24 bits per heavy atom. The Labute approximate surface area is 158 Å². The molecule has 1 aromatic carbocycles. The molecule has 1 unspecified atom stereocenters. The molecule has 1 aromatic rings. The maximum absolute atomic E-state index is 13.4. The predicted octanol–water partition coefficient (Wildman–Crippen LogP) is 3.12. The Morgan fingerprint density at radius 2 is 1.84 bits per heavy atom. The molecule has 0 aromatic heterocycles. The monoisotopic (exact) mass is 423 g/mol. The fourth-order valence-corrected chi connectivity index (χ4v) is 2.90. The fourth-order valence-electron chi connectivity index (χ4n) is 2.43. The van der Waals surface area contributed by atoms with E-state index in [1.807, 2.05) is 0 Å². The Bertz CT molecular complexity index is 610. The molecule has 1 aliphatic heterocycles. The van der Waals surface area contributed by atoms with Crippen LogP contribution in [0, 0.1) is 5.82 Å². The normalized spacial score (nSPS) is 16.9. The molecule has 2 rings (SSSR count). The summed E-state index contributed by atoms with van der Waals surface area (Å²) in [6.45, 7) is 0.666. The summed E-state index contributed by atoms with van der Waals surface area (Å²) in [6.07, 6.45) is -4.50. The first-order valence-electron chi connectivity index (χ1n) is 7.14. The lowest BCUT2D eigenvalue weighted by Gasteiger charge is -2.35. The van der Waals surface area contributed by atoms with Crippen molar-refractivity contribution in [3.63, 3.8) is 0 Å². The van der Waals surface area contributed by atoms with Crippen LogP contribution in [0.25, 0.3) is 0 Å². The number of nitrogens with zero attached hydrogens (tertiary/aromatic N) is 1. The number of halogens is 7. The van der Waals surface area contributed by atoms with E-state index in [1.165, 1.54) is 4.90 Å². The van der Waals surface area contributed by atoms with Crippen molar-refractivity contribution in [2.45, 2.75) is 12.2 Å². The highest BCUT2D eigenvalue weighted by molar-refractivity contribution is 6.36. The van der Waals surface area contributed by atoms with Crippen LogP contribution >= 0.6 is 35.6 Å². The summed E-state index contributed by atoms with van der Waals surface area (Å²) in [5.41, 5.74) is -0.264. The number of benzene rings is 1. The van der Waals surface area contributed by atoms with Crippen LogP contribution in [0.1, 0.15) is 10.4 Å². The number of piperazine rings is 1. The van der Waals surface area contributed by atoms with Crippen molar-refractivity contribution >= 4 is 41.5 Å². The molecule has 1 atom stereocenters. The van der Waals surface area contributed by atoms with Crippen LogP contribution < -0.4 is 10.6 Å². The molecule has 1 aliphatic rings. The molecule has 0 spiro atoms. The van der Waals surface area contributed by atoms with Crippen LogP contribution in [0.5, 0.6) is 0 Å². The lowest BCUT2D eigenvalue weighted by molar-refractivity contribution is -0.183. The van der Waals surface area contributed by atoms with Gasteiger partial charge in [-0.25, -0.2) is 4.39 Å². The van der Waals surface area contributed by atoms with Crippen molar-refractivity contribution in [1.82, 2.24) is 15.5 Å². The lowest BCUT2D eigenvalue weighted by atomic mass is 10.1. The standard InChI is InChI=1S/C14H15Cl2F4N3O.ClH/c15-9-6-10(16)11(17)5-8(9)13(24)22-7-12(14(18,19)20)23-3-1-21-2-4-23;/h5-6,12,21H,1-4,7H2,(H,22,24);1H. The second kappa shape index (κ2) is 9.23. The number of amides is 1. The molecule has 142 valence electrons. The van der Waals surface area contributed by atoms with Crippen LogP contribution in [0.2, 0.25) is 10.0 Å². The van der Waals surface area contributed by atoms with Gasteiger partial charge in [0.15, 0.2) is 0 Å². The van der Waals surface area contributed by atoms with Crippen molar-refractivity contribution in [2.75, 3.05) is 32.7 Å². The van der Waals surface area contributed by atoms with Gasteiger partial charge in [-0.2, -0.15) is 13.2 Å². The highest BCUT2D eigenvalue weighted by Crippen LogP contribution is 2.26. The molecule has 1 fully saturated rings. The van der Waals surface area contributed by atoms with E-state index in [-0.39, 0.29) is 41.1 Å². The Hall–Kier alpha value is -0.800. The lowest BCUT2D eigenvalue weighted by Crippen LogP contribution is -2.57. The molecule has 11 heteroatoms. The van der Waals surface area contributed by atoms with Gasteiger partial charge in [0.25, 0.3) is 5.91 Å². The number of hydrogen-bond donors (Lipinski definition) is 2. The number of carbonyl (C=O) groups is 1. The van der Waals surface area contributed by atoms with Crippen LogP contribution in [0.15, 0.2) is 12.1 Å². The highest BCUT2D eigenvalue weighted by Gasteiger charge is 2.43. The minimum absolute atomic E-state index is 0. The number of hydrogen-bond acceptors (Lipinski definition) is 3. The van der Waals surface area contributed by atoms with E-state index < -0.39 is 30.5 Å². The van der Waals surface area contributed by atoms with E-state index in [0.29, 0.717) is 13.1 Å². The third-order valence-corrected chi connectivity index (χ3v) is 4.28. The fraction of sp³-hybridized carbons (Fsp3) is 0.500. The minimum atomic E-state index is -4.50. The summed E-state index contributed by atoms with van der Waals surface area (Å²) in [5.74, 6) is -1.76. The molecule has 2 N–H and O–H groups in total. The smallest absolute Gasteiger partial charge is 0.350 e. The van der Waals surface area contributed by atoms with Gasteiger partial charge in [-0.05, 0) is 12.1 Å². The van der Waals surface area contributed by atoms with Crippen molar-refractivity contribution in [2.24, 2.45) is 0 Å². The zero-order valence-electron chi connectivity index (χ0n) is 12.8. The van der Waals surface area contributed by atoms with E-state index >= 15 is 0 Å². The van der Waals surface area contributed by atoms with Gasteiger partial charge in [0, 0.05) is 32.7 Å². The quantitative estimate of drug-likeness (QED) is 0.577. The Kier molecular flexibility index (Phi) is 8.21. The van der Waals surface area contributed by atoms with Crippen LogP contribution in [-0.2, 0) is 0 Å². The van der Waals surface area contributed by atoms with Crippen LogP contribution in [-0.4, -0.2) is 55.7 Å². The summed E-state index contributed by atoms with van der Waals surface area (Å²) < 4.78 is 53.1. The van der Waals surface area contributed by atoms with Crippen molar-refractivity contribution in [3.05, 3.63) is 33.6 Å². The van der Waals surface area contributed by atoms with Gasteiger partial charge in [-0.3, -0.25) is 9.69 Å². The summed E-state index contributed by atoms with van der Waals surface area (Å²) in [6, 6.07) is 0.0117. The van der Waals surface area contributed by atoms with Crippen LogP contribution in [0.4, 0.5) is 17.6 Å². The van der Waals surface area contributed by atoms with E-state index in [9.17, 15) is 22.4 Å². The van der Waals surface area contributed by atoms with Crippen molar-refractivity contribution in [3.8, 4) is 0 Å². The predicted molar refractivity (Wildman–Crippen MR) is 90.3 cm³/mol. The molecule has 1 heterocycles. The maximum atomic E-state index is 13.4. The third-order valence-electron chi connectivity index (χ3n) is 3.68. The average Bonchev–Trinajstić information content (AvgIpc) is 2.50. The molecule has 25 heavy (non-hydrogen) atoms. The first kappa shape index (κ1) is 22.2. The molecule has 4 nitrogen and oxygen atoms in total. The van der Waals surface area contributed by atoms with Gasteiger partial charge < -0.3 is 10.6 Å². The Morgan fingerprint density at radius 3 is 2.40 bits per heavy atom. The minimum Gasteiger partial charge on any atom is -0.350 e. The largest absolute Gasteiger partial charge is 0.405 e. The molecular formula is C14H16Cl3F4N3O. The van der Waals surface area contributed by atoms with E-state index in [0.717, 1.165) is 12.1 Å². The molecular weight excluding hydrogens is 409 g/mol. The first-order chi connectivity index (χ1) is 11.2. The number of carbonyl (C=O) groups excluding carboxylic acids is 1. The third kappa shape index (κ3) is 5.86. The zero-order chi connectivity index (χ0) is 17.9. The summed E-state index contributed by atoms with van der Waals surface area (Å²) in [7, 11) is 0. The number of alkyl halides is 3. The maximum Gasteiger partial charge on any atom is 0.405 e. The molecule has 1 saturated heterocycles. The van der Waals surface area contributed by atoms with E-state index in [2.05, 4.69) is 10.6 Å². The summed E-state index contributed by atoms with van der Waals surface area (Å²) >= 11 is 11.3. The van der Waals surface area contributed by atoms with Gasteiger partial charge in [-0.1, -0.05) is 23.2 Å². The van der Waals surface area contributed by atoms with Gasteiger partial charge >= 0.3 is 6.18 Å². The molecule has 0 saturated carbocycles. The van der Waals surface area contributed by atoms with Crippen molar-refractivity contribution < 1.29 is 22.4 Å². The van der Waals surface area contributed by atoms with Gasteiger partial charge in [0.1, 0.15) is 11.9 Å². The van der Waals surface area contributed by atoms with Crippen LogP contribution in [0.3, 0.4) is 0 Å². The molecule has 0 radical (unpaired) electrons. The second-order valence-electron chi connectivity index (χ2n) is 5.30. The zero-order valence-corrected chi connectivity index (χ0v) is 15.1. The summed E-state index contributed by atoms with van der Waals surface area (Å²) in [4.78, 5) is 13.3. The van der Waals surface area contributed by atoms with Crippen molar-refractivity contribution in [1.29, 1.82) is 0 Å². The molecule has 0 bridgehead atoms. The average molecular weight is 425 g/mol. The molecule has 0 aliphatic carbocycles.